The number of para-hydroxylation sites is 2. The van der Waals surface area contributed by atoms with E-state index in [2.05, 4.69) is 10.6 Å². The lowest BCUT2D eigenvalue weighted by molar-refractivity contribution is -0.393. The van der Waals surface area contributed by atoms with Gasteiger partial charge in [0.2, 0.25) is 0 Å². The van der Waals surface area contributed by atoms with E-state index < -0.39 is 27.1 Å². The maximum Gasteiger partial charge on any atom is 0.299 e. The zero-order valence-corrected chi connectivity index (χ0v) is 14.4. The Balaban J connectivity index is 1.93. The van der Waals surface area contributed by atoms with Crippen molar-refractivity contribution in [3.05, 3.63) is 98.6 Å². The van der Waals surface area contributed by atoms with Gasteiger partial charge in [0.1, 0.15) is 5.69 Å². The predicted molar refractivity (Wildman–Crippen MR) is 104 cm³/mol. The van der Waals surface area contributed by atoms with Crippen LogP contribution in [0.25, 0.3) is 0 Å². The first-order chi connectivity index (χ1) is 13.5. The number of nitrogens with one attached hydrogen (secondary N) is 2. The minimum atomic E-state index is -0.720. The number of carbonyl (C=O) groups is 1. The molecule has 9 nitrogen and oxygen atoms in total. The molecule has 0 saturated heterocycles. The third kappa shape index (κ3) is 4.10. The molecule has 0 spiro atoms. The fourth-order valence-corrected chi connectivity index (χ4v) is 2.55. The van der Waals surface area contributed by atoms with Crippen LogP contribution in [0.3, 0.4) is 0 Å². The summed E-state index contributed by atoms with van der Waals surface area (Å²) in [6, 6.07) is 18.6. The highest BCUT2D eigenvalue weighted by Crippen LogP contribution is 2.32. The van der Waals surface area contributed by atoms with Crippen molar-refractivity contribution in [2.24, 2.45) is 0 Å². The summed E-state index contributed by atoms with van der Waals surface area (Å²) >= 11 is 0. The van der Waals surface area contributed by atoms with Crippen LogP contribution in [-0.2, 0) is 0 Å². The standard InChI is InChI=1S/C19H14N4O5/c24-19(20-13-6-2-1-3-7-13)15-8-4-5-9-16(15)21-17-11-10-14(22(25)26)12-18(17)23(27)28/h1-12,21H,(H,20,24). The molecule has 3 rings (SSSR count). The zero-order chi connectivity index (χ0) is 20.1. The van der Waals surface area contributed by atoms with Gasteiger partial charge in [-0.3, -0.25) is 25.0 Å². The van der Waals surface area contributed by atoms with E-state index >= 15 is 0 Å². The highest BCUT2D eigenvalue weighted by molar-refractivity contribution is 6.08. The lowest BCUT2D eigenvalue weighted by Gasteiger charge is -2.12. The largest absolute Gasteiger partial charge is 0.349 e. The van der Waals surface area contributed by atoms with Gasteiger partial charge < -0.3 is 10.6 Å². The second-order valence-electron chi connectivity index (χ2n) is 5.71. The number of amides is 1. The van der Waals surface area contributed by atoms with Gasteiger partial charge in [0.05, 0.1) is 27.2 Å². The maximum atomic E-state index is 12.6. The summed E-state index contributed by atoms with van der Waals surface area (Å²) in [6.07, 6.45) is 0. The summed E-state index contributed by atoms with van der Waals surface area (Å²) in [5.74, 6) is -0.404. The monoisotopic (exact) mass is 378 g/mol. The Kier molecular flexibility index (Phi) is 5.26. The van der Waals surface area contributed by atoms with E-state index in [-0.39, 0.29) is 11.3 Å². The van der Waals surface area contributed by atoms with E-state index in [0.29, 0.717) is 11.4 Å². The van der Waals surface area contributed by atoms with Gasteiger partial charge in [-0.15, -0.1) is 0 Å². The van der Waals surface area contributed by atoms with Crippen LogP contribution in [0.15, 0.2) is 72.8 Å². The molecular weight excluding hydrogens is 364 g/mol. The minimum Gasteiger partial charge on any atom is -0.349 e. The second-order valence-corrected chi connectivity index (χ2v) is 5.71. The van der Waals surface area contributed by atoms with Gasteiger partial charge in [0.15, 0.2) is 0 Å². The molecule has 0 fully saturated rings. The first kappa shape index (κ1) is 18.5. The Morgan fingerprint density at radius 2 is 1.46 bits per heavy atom. The Bertz CT molecular complexity index is 1050. The van der Waals surface area contributed by atoms with Gasteiger partial charge in [-0.1, -0.05) is 30.3 Å². The van der Waals surface area contributed by atoms with Crippen LogP contribution in [0.4, 0.5) is 28.4 Å². The lowest BCUT2D eigenvalue weighted by atomic mass is 10.1. The second kappa shape index (κ2) is 7.96. The summed E-state index contributed by atoms with van der Waals surface area (Å²) in [4.78, 5) is 33.4. The molecule has 0 aromatic heterocycles. The van der Waals surface area contributed by atoms with Crippen LogP contribution in [-0.4, -0.2) is 15.8 Å². The highest BCUT2D eigenvalue weighted by Gasteiger charge is 2.21. The van der Waals surface area contributed by atoms with Gasteiger partial charge in [-0.2, -0.15) is 0 Å². The summed E-state index contributed by atoms with van der Waals surface area (Å²) < 4.78 is 0. The van der Waals surface area contributed by atoms with Gasteiger partial charge in [0, 0.05) is 11.8 Å². The number of nitro groups is 2. The first-order valence-corrected chi connectivity index (χ1v) is 8.11. The van der Waals surface area contributed by atoms with E-state index in [9.17, 15) is 25.0 Å². The third-order valence-electron chi connectivity index (χ3n) is 3.86. The van der Waals surface area contributed by atoms with Crippen LogP contribution in [0, 0.1) is 20.2 Å². The molecule has 0 aliphatic heterocycles. The van der Waals surface area contributed by atoms with Gasteiger partial charge in [-0.05, 0) is 30.3 Å². The van der Waals surface area contributed by atoms with Crippen LogP contribution in [0.1, 0.15) is 10.4 Å². The molecule has 0 radical (unpaired) electrons. The van der Waals surface area contributed by atoms with Crippen LogP contribution < -0.4 is 10.6 Å². The molecule has 0 atom stereocenters. The number of nitro benzene ring substituents is 2. The fraction of sp³-hybridized carbons (Fsp3) is 0. The molecule has 0 aliphatic rings. The molecule has 1 amide bonds. The average molecular weight is 378 g/mol. The van der Waals surface area contributed by atoms with Crippen molar-refractivity contribution < 1.29 is 14.6 Å². The molecule has 0 unspecified atom stereocenters. The molecule has 2 N–H and O–H groups in total. The first-order valence-electron chi connectivity index (χ1n) is 8.11. The van der Waals surface area contributed by atoms with Crippen molar-refractivity contribution in [3.8, 4) is 0 Å². The van der Waals surface area contributed by atoms with Crippen molar-refractivity contribution >= 4 is 34.3 Å². The van der Waals surface area contributed by atoms with E-state index in [1.54, 1.807) is 48.5 Å². The summed E-state index contributed by atoms with van der Waals surface area (Å²) in [7, 11) is 0. The summed E-state index contributed by atoms with van der Waals surface area (Å²) in [5.41, 5.74) is 0.367. The molecule has 3 aromatic rings. The van der Waals surface area contributed by atoms with E-state index in [1.165, 1.54) is 6.07 Å². The predicted octanol–water partition coefficient (Wildman–Crippen LogP) is 4.50. The molecule has 140 valence electrons. The highest BCUT2D eigenvalue weighted by atomic mass is 16.6. The Hall–Kier alpha value is -4.27. The van der Waals surface area contributed by atoms with Crippen LogP contribution >= 0.6 is 0 Å². The Morgan fingerprint density at radius 1 is 0.786 bits per heavy atom. The van der Waals surface area contributed by atoms with Gasteiger partial charge >= 0.3 is 0 Å². The van der Waals surface area contributed by atoms with Crippen molar-refractivity contribution in [2.45, 2.75) is 0 Å². The number of hydrogen-bond donors (Lipinski definition) is 2. The number of hydrogen-bond acceptors (Lipinski definition) is 6. The number of benzene rings is 3. The van der Waals surface area contributed by atoms with Crippen molar-refractivity contribution in [2.75, 3.05) is 10.6 Å². The fourth-order valence-electron chi connectivity index (χ4n) is 2.55. The topological polar surface area (TPSA) is 127 Å². The molecule has 3 aromatic carbocycles. The molecule has 0 saturated carbocycles. The molecular formula is C19H14N4O5. The molecule has 0 aliphatic carbocycles. The number of rotatable bonds is 6. The zero-order valence-electron chi connectivity index (χ0n) is 14.4. The van der Waals surface area contributed by atoms with E-state index in [0.717, 1.165) is 12.1 Å². The van der Waals surface area contributed by atoms with Crippen LogP contribution in [0.5, 0.6) is 0 Å². The smallest absolute Gasteiger partial charge is 0.299 e. The summed E-state index contributed by atoms with van der Waals surface area (Å²) in [5, 5.41) is 27.8. The molecule has 0 heterocycles. The quantitative estimate of drug-likeness (QED) is 0.480. The normalized spacial score (nSPS) is 10.1. The maximum absolute atomic E-state index is 12.6. The number of carbonyl (C=O) groups excluding carboxylic acids is 1. The van der Waals surface area contributed by atoms with Crippen molar-refractivity contribution in [1.29, 1.82) is 0 Å². The Morgan fingerprint density at radius 3 is 2.14 bits per heavy atom. The van der Waals surface area contributed by atoms with Crippen LogP contribution in [0.2, 0.25) is 0 Å². The third-order valence-corrected chi connectivity index (χ3v) is 3.86. The number of non-ortho nitro benzene ring substituents is 1. The average Bonchev–Trinajstić information content (AvgIpc) is 2.69. The van der Waals surface area contributed by atoms with Gasteiger partial charge in [0.25, 0.3) is 17.3 Å². The molecule has 9 heteroatoms. The Labute approximate surface area is 158 Å². The lowest BCUT2D eigenvalue weighted by Crippen LogP contribution is -2.14. The number of nitrogens with zero attached hydrogens (tertiary/aromatic N) is 2. The number of anilines is 3. The summed E-state index contributed by atoms with van der Waals surface area (Å²) in [6.45, 7) is 0. The minimum absolute atomic E-state index is 0.0376. The molecule has 0 bridgehead atoms. The van der Waals surface area contributed by atoms with Gasteiger partial charge in [-0.25, -0.2) is 0 Å². The van der Waals surface area contributed by atoms with Crippen molar-refractivity contribution in [3.63, 3.8) is 0 Å². The molecule has 28 heavy (non-hydrogen) atoms. The SMILES string of the molecule is O=C(Nc1ccccc1)c1ccccc1Nc1ccc([N+](=O)[O-])cc1[N+](=O)[O-]. The van der Waals surface area contributed by atoms with E-state index in [4.69, 9.17) is 0 Å². The van der Waals surface area contributed by atoms with E-state index in [1.807, 2.05) is 6.07 Å². The van der Waals surface area contributed by atoms with Crippen molar-refractivity contribution in [1.82, 2.24) is 0 Å².